The number of pyridine rings is 1. The Morgan fingerprint density at radius 3 is 2.57 bits per heavy atom. The van der Waals surface area contributed by atoms with Gasteiger partial charge in [-0.1, -0.05) is 36.4 Å². The molecule has 1 N–H and O–H groups in total. The molecule has 0 aliphatic carbocycles. The fourth-order valence-electron chi connectivity index (χ4n) is 2.39. The van der Waals surface area contributed by atoms with E-state index < -0.39 is 0 Å². The molecule has 3 nitrogen and oxygen atoms in total. The topological polar surface area (TPSA) is 38.1 Å². The van der Waals surface area contributed by atoms with Gasteiger partial charge in [-0.15, -0.1) is 0 Å². The van der Waals surface area contributed by atoms with Gasteiger partial charge in [0.15, 0.2) is 0 Å². The lowest BCUT2D eigenvalue weighted by molar-refractivity contribution is 0.444. The molecule has 0 amide bonds. The molecule has 3 rings (SSSR count). The summed E-state index contributed by atoms with van der Waals surface area (Å²) in [6.07, 6.45) is 1.71. The molecule has 0 spiro atoms. The van der Waals surface area contributed by atoms with E-state index >= 15 is 0 Å². The largest absolute Gasteiger partial charge is 0.467 e. The molecule has 0 fully saturated rings. The smallest absolute Gasteiger partial charge is 0.125 e. The van der Waals surface area contributed by atoms with Crippen molar-refractivity contribution in [2.45, 2.75) is 19.5 Å². The molecule has 106 valence electrons. The second-order valence-electron chi connectivity index (χ2n) is 5.01. The van der Waals surface area contributed by atoms with Crippen LogP contribution >= 0.6 is 0 Å². The lowest BCUT2D eigenvalue weighted by atomic mass is 10.0. The zero-order valence-electron chi connectivity index (χ0n) is 12.0. The van der Waals surface area contributed by atoms with Crippen LogP contribution in [0.15, 0.2) is 71.3 Å². The summed E-state index contributed by atoms with van der Waals surface area (Å²) in [5.74, 6) is 0.911. The van der Waals surface area contributed by atoms with Crippen LogP contribution in [-0.2, 0) is 6.54 Å². The molecular formula is C18H18N2O. The van der Waals surface area contributed by atoms with Gasteiger partial charge in [0.2, 0.25) is 0 Å². The Kier molecular flexibility index (Phi) is 4.12. The summed E-state index contributed by atoms with van der Waals surface area (Å²) in [4.78, 5) is 4.53. The first kappa shape index (κ1) is 13.6. The van der Waals surface area contributed by atoms with Crippen molar-refractivity contribution in [2.24, 2.45) is 0 Å². The van der Waals surface area contributed by atoms with E-state index in [9.17, 15) is 0 Å². The predicted molar refractivity (Wildman–Crippen MR) is 82.8 cm³/mol. The number of furan rings is 1. The zero-order valence-corrected chi connectivity index (χ0v) is 12.0. The third-order valence-electron chi connectivity index (χ3n) is 3.39. The highest BCUT2D eigenvalue weighted by Crippen LogP contribution is 2.22. The van der Waals surface area contributed by atoms with Gasteiger partial charge in [-0.2, -0.15) is 0 Å². The van der Waals surface area contributed by atoms with Crippen molar-refractivity contribution in [3.63, 3.8) is 0 Å². The number of rotatable bonds is 5. The first-order chi connectivity index (χ1) is 10.3. The molecule has 2 heterocycles. The number of benzene rings is 1. The van der Waals surface area contributed by atoms with Gasteiger partial charge in [-0.3, -0.25) is 10.3 Å². The lowest BCUT2D eigenvalue weighted by Gasteiger charge is -2.17. The molecule has 0 saturated heterocycles. The molecule has 0 aliphatic rings. The van der Waals surface area contributed by atoms with Crippen LogP contribution in [0.5, 0.6) is 0 Å². The molecule has 3 aromatic rings. The molecule has 0 radical (unpaired) electrons. The van der Waals surface area contributed by atoms with Crippen molar-refractivity contribution in [3.05, 3.63) is 89.6 Å². The fraction of sp³-hybridized carbons (Fsp3) is 0.167. The van der Waals surface area contributed by atoms with E-state index in [4.69, 9.17) is 4.42 Å². The van der Waals surface area contributed by atoms with E-state index in [0.29, 0.717) is 6.54 Å². The first-order valence-corrected chi connectivity index (χ1v) is 7.07. The van der Waals surface area contributed by atoms with Crippen LogP contribution in [0.3, 0.4) is 0 Å². The highest BCUT2D eigenvalue weighted by molar-refractivity contribution is 5.26. The molecule has 1 aromatic carbocycles. The van der Waals surface area contributed by atoms with Crippen molar-refractivity contribution in [1.29, 1.82) is 0 Å². The van der Waals surface area contributed by atoms with Gasteiger partial charge < -0.3 is 4.42 Å². The van der Waals surface area contributed by atoms with Crippen LogP contribution < -0.4 is 5.32 Å². The summed E-state index contributed by atoms with van der Waals surface area (Å²) in [6, 6.07) is 20.3. The molecule has 1 atom stereocenters. The molecule has 0 saturated carbocycles. The van der Waals surface area contributed by atoms with E-state index in [-0.39, 0.29) is 6.04 Å². The van der Waals surface area contributed by atoms with Crippen molar-refractivity contribution >= 4 is 0 Å². The first-order valence-electron chi connectivity index (χ1n) is 7.07. The number of aromatic nitrogens is 1. The fourth-order valence-corrected chi connectivity index (χ4v) is 2.39. The van der Waals surface area contributed by atoms with Crippen LogP contribution in [0.25, 0.3) is 0 Å². The van der Waals surface area contributed by atoms with Gasteiger partial charge in [0.25, 0.3) is 0 Å². The van der Waals surface area contributed by atoms with E-state index in [1.54, 1.807) is 6.26 Å². The minimum absolute atomic E-state index is 0.0310. The van der Waals surface area contributed by atoms with Crippen molar-refractivity contribution in [3.8, 4) is 0 Å². The Morgan fingerprint density at radius 2 is 1.86 bits per heavy atom. The predicted octanol–water partition coefficient (Wildman–Crippen LogP) is 3.86. The van der Waals surface area contributed by atoms with Crippen LogP contribution in [0, 0.1) is 6.92 Å². The number of hydrogen-bond donors (Lipinski definition) is 1. The molecule has 2 aromatic heterocycles. The Hall–Kier alpha value is -2.39. The molecule has 21 heavy (non-hydrogen) atoms. The lowest BCUT2D eigenvalue weighted by Crippen LogP contribution is -2.22. The van der Waals surface area contributed by atoms with E-state index in [1.165, 1.54) is 5.56 Å². The number of aryl methyl sites for hydroxylation is 1. The Labute approximate surface area is 124 Å². The maximum Gasteiger partial charge on any atom is 0.125 e. The second-order valence-corrected chi connectivity index (χ2v) is 5.01. The van der Waals surface area contributed by atoms with E-state index in [0.717, 1.165) is 17.1 Å². The molecular weight excluding hydrogens is 260 g/mol. The SMILES string of the molecule is Cc1cccc(CNC(c2ccccc2)c2ccco2)n1. The third kappa shape index (κ3) is 3.38. The molecule has 3 heteroatoms. The normalized spacial score (nSPS) is 12.2. The quantitative estimate of drug-likeness (QED) is 0.770. The summed E-state index contributed by atoms with van der Waals surface area (Å²) in [7, 11) is 0. The van der Waals surface area contributed by atoms with Gasteiger partial charge in [0.05, 0.1) is 18.0 Å². The number of hydrogen-bond acceptors (Lipinski definition) is 3. The van der Waals surface area contributed by atoms with Gasteiger partial charge in [0.1, 0.15) is 5.76 Å². The van der Waals surface area contributed by atoms with Gasteiger partial charge in [-0.25, -0.2) is 0 Å². The van der Waals surface area contributed by atoms with E-state index in [1.807, 2.05) is 55.5 Å². The van der Waals surface area contributed by atoms with Crippen LogP contribution in [0.1, 0.15) is 28.8 Å². The standard InChI is InChI=1S/C18H18N2O/c1-14-7-5-10-16(20-14)13-19-18(17-11-6-12-21-17)15-8-3-2-4-9-15/h2-12,18-19H,13H2,1H3. The van der Waals surface area contributed by atoms with Crippen molar-refractivity contribution in [1.82, 2.24) is 10.3 Å². The highest BCUT2D eigenvalue weighted by Gasteiger charge is 2.16. The van der Waals surface area contributed by atoms with Gasteiger partial charge >= 0.3 is 0 Å². The summed E-state index contributed by atoms with van der Waals surface area (Å²) in [5, 5.41) is 3.53. The Morgan fingerprint density at radius 1 is 1.00 bits per heavy atom. The highest BCUT2D eigenvalue weighted by atomic mass is 16.3. The van der Waals surface area contributed by atoms with E-state index in [2.05, 4.69) is 22.4 Å². The summed E-state index contributed by atoms with van der Waals surface area (Å²) < 4.78 is 5.58. The van der Waals surface area contributed by atoms with Gasteiger partial charge in [-0.05, 0) is 36.8 Å². The minimum atomic E-state index is 0.0310. The van der Waals surface area contributed by atoms with Gasteiger partial charge in [0, 0.05) is 12.2 Å². The van der Waals surface area contributed by atoms with Crippen LogP contribution in [0.2, 0.25) is 0 Å². The molecule has 0 aliphatic heterocycles. The monoisotopic (exact) mass is 278 g/mol. The van der Waals surface area contributed by atoms with Crippen LogP contribution in [0.4, 0.5) is 0 Å². The Balaban J connectivity index is 1.80. The Bertz CT molecular complexity index is 677. The summed E-state index contributed by atoms with van der Waals surface area (Å²) in [5.41, 5.74) is 3.24. The maximum atomic E-state index is 5.58. The maximum absolute atomic E-state index is 5.58. The minimum Gasteiger partial charge on any atom is -0.467 e. The van der Waals surface area contributed by atoms with Crippen molar-refractivity contribution in [2.75, 3.05) is 0 Å². The zero-order chi connectivity index (χ0) is 14.5. The number of nitrogens with zero attached hydrogens (tertiary/aromatic N) is 1. The molecule has 0 bridgehead atoms. The third-order valence-corrected chi connectivity index (χ3v) is 3.39. The number of nitrogens with one attached hydrogen (secondary N) is 1. The second kappa shape index (κ2) is 6.37. The molecule has 1 unspecified atom stereocenters. The van der Waals surface area contributed by atoms with Crippen molar-refractivity contribution < 1.29 is 4.42 Å². The summed E-state index contributed by atoms with van der Waals surface area (Å²) in [6.45, 7) is 2.70. The average Bonchev–Trinajstić information content (AvgIpc) is 3.03. The van der Waals surface area contributed by atoms with Crippen LogP contribution in [-0.4, -0.2) is 4.98 Å². The average molecular weight is 278 g/mol. The summed E-state index contributed by atoms with van der Waals surface area (Å²) >= 11 is 0.